The van der Waals surface area contributed by atoms with Gasteiger partial charge in [-0.25, -0.2) is 4.79 Å². The molecule has 2 rings (SSSR count). The van der Waals surface area contributed by atoms with E-state index < -0.39 is 0 Å². The number of hydrogen-bond donors (Lipinski definition) is 1. The Hall–Kier alpha value is -1.76. The highest BCUT2D eigenvalue weighted by molar-refractivity contribution is 9.10. The number of piperazine rings is 1. The molecule has 1 aromatic rings. The van der Waals surface area contributed by atoms with Gasteiger partial charge in [-0.1, -0.05) is 0 Å². The van der Waals surface area contributed by atoms with Crippen LogP contribution < -0.4 is 5.73 Å². The minimum absolute atomic E-state index is 0.0855. The second kappa shape index (κ2) is 6.80. The van der Waals surface area contributed by atoms with Crippen LogP contribution in [0.3, 0.4) is 0 Å². The summed E-state index contributed by atoms with van der Waals surface area (Å²) in [7, 11) is 0. The van der Waals surface area contributed by atoms with E-state index in [4.69, 9.17) is 10.5 Å². The molecule has 6 nitrogen and oxygen atoms in total. The molecule has 1 heterocycles. The zero-order valence-electron chi connectivity index (χ0n) is 11.8. The fraction of sp³-hybridized carbons (Fsp3) is 0.429. The molecule has 1 fully saturated rings. The molecule has 1 aliphatic heterocycles. The van der Waals surface area contributed by atoms with Crippen LogP contribution in [0.5, 0.6) is 0 Å². The van der Waals surface area contributed by atoms with Gasteiger partial charge in [-0.15, -0.1) is 0 Å². The van der Waals surface area contributed by atoms with E-state index in [1.165, 1.54) is 0 Å². The zero-order chi connectivity index (χ0) is 15.4. The molecule has 0 aromatic heterocycles. The van der Waals surface area contributed by atoms with Crippen LogP contribution in [-0.2, 0) is 4.74 Å². The summed E-state index contributed by atoms with van der Waals surface area (Å²) in [5.41, 5.74) is 6.82. The van der Waals surface area contributed by atoms with Gasteiger partial charge in [0.1, 0.15) is 0 Å². The number of halogens is 1. The van der Waals surface area contributed by atoms with Crippen molar-refractivity contribution in [2.24, 2.45) is 0 Å². The predicted octanol–water partition coefficient (Wildman–Crippen LogP) is 1.95. The number of anilines is 1. The van der Waals surface area contributed by atoms with Gasteiger partial charge in [0.15, 0.2) is 0 Å². The number of carbonyl (C=O) groups excluding carboxylic acids is 2. The van der Waals surface area contributed by atoms with Crippen molar-refractivity contribution in [3.63, 3.8) is 0 Å². The molecule has 0 atom stereocenters. The molecule has 0 aliphatic carbocycles. The Balaban J connectivity index is 2.00. The average molecular weight is 356 g/mol. The highest BCUT2D eigenvalue weighted by atomic mass is 79.9. The second-order valence-electron chi connectivity index (χ2n) is 4.72. The predicted molar refractivity (Wildman–Crippen MR) is 83.1 cm³/mol. The number of ether oxygens (including phenoxy) is 1. The Labute approximate surface area is 132 Å². The molecule has 2 amide bonds. The highest BCUT2D eigenvalue weighted by Gasteiger charge is 2.26. The SMILES string of the molecule is CCOC(=O)N1CCN(C(=O)c2cc(N)ccc2Br)CC1. The molecule has 0 bridgehead atoms. The van der Waals surface area contributed by atoms with Gasteiger partial charge in [0, 0.05) is 36.3 Å². The third-order valence-electron chi connectivity index (χ3n) is 3.31. The normalized spacial score (nSPS) is 15.0. The van der Waals surface area contributed by atoms with Crippen molar-refractivity contribution in [1.82, 2.24) is 9.80 Å². The van der Waals surface area contributed by atoms with Crippen molar-refractivity contribution in [1.29, 1.82) is 0 Å². The first-order valence-corrected chi connectivity index (χ1v) is 7.58. The number of carbonyl (C=O) groups is 2. The topological polar surface area (TPSA) is 75.9 Å². The number of amides is 2. The summed E-state index contributed by atoms with van der Waals surface area (Å²) < 4.78 is 5.67. The molecule has 1 aliphatic rings. The van der Waals surface area contributed by atoms with Crippen LogP contribution in [0, 0.1) is 0 Å². The fourth-order valence-corrected chi connectivity index (χ4v) is 2.60. The van der Waals surface area contributed by atoms with Crippen molar-refractivity contribution in [3.05, 3.63) is 28.2 Å². The molecular formula is C14H18BrN3O3. The van der Waals surface area contributed by atoms with Gasteiger partial charge in [-0.2, -0.15) is 0 Å². The molecule has 114 valence electrons. The first-order valence-electron chi connectivity index (χ1n) is 6.79. The lowest BCUT2D eigenvalue weighted by Crippen LogP contribution is -2.50. The first-order chi connectivity index (χ1) is 10.0. The monoisotopic (exact) mass is 355 g/mol. The molecule has 0 spiro atoms. The number of benzene rings is 1. The van der Waals surface area contributed by atoms with E-state index in [0.717, 1.165) is 4.47 Å². The Bertz CT molecular complexity index is 542. The molecule has 21 heavy (non-hydrogen) atoms. The Morgan fingerprint density at radius 3 is 2.48 bits per heavy atom. The van der Waals surface area contributed by atoms with E-state index in [9.17, 15) is 9.59 Å². The van der Waals surface area contributed by atoms with Crippen molar-refractivity contribution in [3.8, 4) is 0 Å². The smallest absolute Gasteiger partial charge is 0.409 e. The maximum Gasteiger partial charge on any atom is 0.409 e. The van der Waals surface area contributed by atoms with Crippen LogP contribution in [0.1, 0.15) is 17.3 Å². The first kappa shape index (κ1) is 15.6. The minimum atomic E-state index is -0.324. The largest absolute Gasteiger partial charge is 0.450 e. The standard InChI is InChI=1S/C14H18BrN3O3/c1-2-21-14(20)18-7-5-17(6-8-18)13(19)11-9-10(16)3-4-12(11)15/h3-4,9H,2,5-8,16H2,1H3. The molecule has 0 saturated carbocycles. The van der Waals surface area contributed by atoms with E-state index in [2.05, 4.69) is 15.9 Å². The highest BCUT2D eigenvalue weighted by Crippen LogP contribution is 2.22. The Morgan fingerprint density at radius 2 is 1.86 bits per heavy atom. The van der Waals surface area contributed by atoms with Crippen molar-refractivity contribution < 1.29 is 14.3 Å². The van der Waals surface area contributed by atoms with Gasteiger partial charge in [0.05, 0.1) is 12.2 Å². The number of hydrogen-bond acceptors (Lipinski definition) is 4. The maximum atomic E-state index is 12.5. The summed E-state index contributed by atoms with van der Waals surface area (Å²) in [4.78, 5) is 27.4. The summed E-state index contributed by atoms with van der Waals surface area (Å²) in [5, 5.41) is 0. The van der Waals surface area contributed by atoms with Gasteiger partial charge >= 0.3 is 6.09 Å². The zero-order valence-corrected chi connectivity index (χ0v) is 13.4. The van der Waals surface area contributed by atoms with E-state index in [1.807, 2.05) is 0 Å². The van der Waals surface area contributed by atoms with Crippen LogP contribution in [0.4, 0.5) is 10.5 Å². The van der Waals surface area contributed by atoms with Gasteiger partial charge < -0.3 is 20.3 Å². The quantitative estimate of drug-likeness (QED) is 0.822. The van der Waals surface area contributed by atoms with Crippen LogP contribution in [0.15, 0.2) is 22.7 Å². The molecule has 2 N–H and O–H groups in total. The number of rotatable bonds is 2. The molecule has 0 radical (unpaired) electrons. The molecular weight excluding hydrogens is 338 g/mol. The van der Waals surface area contributed by atoms with Crippen LogP contribution in [0.2, 0.25) is 0 Å². The molecule has 1 saturated heterocycles. The van der Waals surface area contributed by atoms with E-state index in [-0.39, 0.29) is 12.0 Å². The van der Waals surface area contributed by atoms with Crippen molar-refractivity contribution in [2.45, 2.75) is 6.92 Å². The Morgan fingerprint density at radius 1 is 1.24 bits per heavy atom. The van der Waals surface area contributed by atoms with Gasteiger partial charge in [-0.05, 0) is 41.1 Å². The third kappa shape index (κ3) is 3.66. The van der Waals surface area contributed by atoms with Crippen LogP contribution in [0.25, 0.3) is 0 Å². The van der Waals surface area contributed by atoms with Crippen molar-refractivity contribution >= 4 is 33.6 Å². The minimum Gasteiger partial charge on any atom is -0.450 e. The Kier molecular flexibility index (Phi) is 5.06. The third-order valence-corrected chi connectivity index (χ3v) is 4.01. The summed E-state index contributed by atoms with van der Waals surface area (Å²) in [6.45, 7) is 4.05. The van der Waals surface area contributed by atoms with Gasteiger partial charge in [0.2, 0.25) is 0 Å². The van der Waals surface area contributed by atoms with Crippen LogP contribution in [-0.4, -0.2) is 54.6 Å². The van der Waals surface area contributed by atoms with E-state index in [1.54, 1.807) is 34.9 Å². The second-order valence-corrected chi connectivity index (χ2v) is 5.57. The number of nitrogens with two attached hydrogens (primary N) is 1. The summed E-state index contributed by atoms with van der Waals surface area (Å²) in [5.74, 6) is -0.0855. The molecule has 7 heteroatoms. The summed E-state index contributed by atoms with van der Waals surface area (Å²) in [6, 6.07) is 5.15. The lowest BCUT2D eigenvalue weighted by atomic mass is 10.1. The van der Waals surface area contributed by atoms with Crippen LogP contribution >= 0.6 is 15.9 Å². The summed E-state index contributed by atoms with van der Waals surface area (Å²) >= 11 is 3.37. The van der Waals surface area contributed by atoms with E-state index in [0.29, 0.717) is 44.0 Å². The lowest BCUT2D eigenvalue weighted by molar-refractivity contribution is 0.0570. The van der Waals surface area contributed by atoms with Gasteiger partial charge in [0.25, 0.3) is 5.91 Å². The number of nitrogen functional groups attached to an aromatic ring is 1. The fourth-order valence-electron chi connectivity index (χ4n) is 2.18. The maximum absolute atomic E-state index is 12.5. The molecule has 1 aromatic carbocycles. The molecule has 0 unspecified atom stereocenters. The average Bonchev–Trinajstić information content (AvgIpc) is 2.49. The van der Waals surface area contributed by atoms with Gasteiger partial charge in [-0.3, -0.25) is 4.79 Å². The van der Waals surface area contributed by atoms with Crippen molar-refractivity contribution in [2.75, 3.05) is 38.5 Å². The summed E-state index contributed by atoms with van der Waals surface area (Å²) in [6.07, 6.45) is -0.324. The lowest BCUT2D eigenvalue weighted by Gasteiger charge is -2.34. The van der Waals surface area contributed by atoms with E-state index >= 15 is 0 Å². The number of nitrogens with zero attached hydrogens (tertiary/aromatic N) is 2.